The van der Waals surface area contributed by atoms with Crippen LogP contribution in [-0.2, 0) is 0 Å². The van der Waals surface area contributed by atoms with Crippen molar-refractivity contribution in [3.63, 3.8) is 0 Å². The van der Waals surface area contributed by atoms with Crippen molar-refractivity contribution in [3.8, 4) is 0 Å². The van der Waals surface area contributed by atoms with Crippen LogP contribution in [0.2, 0.25) is 5.02 Å². The number of rotatable bonds is 1. The summed E-state index contributed by atoms with van der Waals surface area (Å²) in [5, 5.41) is 0.475. The molecule has 1 aliphatic rings. The predicted octanol–water partition coefficient (Wildman–Crippen LogP) is 2.75. The van der Waals surface area contributed by atoms with Crippen LogP contribution in [0, 0.1) is 0 Å². The van der Waals surface area contributed by atoms with Crippen molar-refractivity contribution in [2.75, 3.05) is 6.54 Å². The van der Waals surface area contributed by atoms with Gasteiger partial charge < -0.3 is 4.90 Å². The van der Waals surface area contributed by atoms with Gasteiger partial charge in [-0.1, -0.05) is 11.6 Å². The molecule has 1 aromatic rings. The van der Waals surface area contributed by atoms with E-state index in [-0.39, 0.29) is 11.4 Å². The molecule has 16 heavy (non-hydrogen) atoms. The SMILES string of the molecule is CC1(C)CCCN1C(=O)c1cnccc1Cl. The molecule has 1 fully saturated rings. The molecule has 0 unspecified atom stereocenters. The molecular weight excluding hydrogens is 224 g/mol. The highest BCUT2D eigenvalue weighted by atomic mass is 35.5. The molecule has 1 aliphatic heterocycles. The highest BCUT2D eigenvalue weighted by Gasteiger charge is 2.36. The average Bonchev–Trinajstić information content (AvgIpc) is 2.58. The second kappa shape index (κ2) is 4.06. The number of aromatic nitrogens is 1. The van der Waals surface area contributed by atoms with Crippen molar-refractivity contribution in [2.45, 2.75) is 32.2 Å². The third-order valence-corrected chi connectivity index (χ3v) is 3.47. The molecule has 0 N–H and O–H groups in total. The zero-order chi connectivity index (χ0) is 11.8. The molecule has 2 rings (SSSR count). The van der Waals surface area contributed by atoms with Crippen LogP contribution in [0.5, 0.6) is 0 Å². The van der Waals surface area contributed by atoms with Gasteiger partial charge >= 0.3 is 0 Å². The van der Waals surface area contributed by atoms with Crippen molar-refractivity contribution < 1.29 is 4.79 Å². The van der Waals surface area contributed by atoms with E-state index < -0.39 is 0 Å². The molecule has 0 bridgehead atoms. The van der Waals surface area contributed by atoms with E-state index in [1.165, 1.54) is 0 Å². The Morgan fingerprint density at radius 2 is 2.31 bits per heavy atom. The second-order valence-corrected chi connectivity index (χ2v) is 5.14. The van der Waals surface area contributed by atoms with Crippen molar-refractivity contribution in [1.29, 1.82) is 0 Å². The van der Waals surface area contributed by atoms with Gasteiger partial charge in [0.15, 0.2) is 0 Å². The lowest BCUT2D eigenvalue weighted by Crippen LogP contribution is -2.42. The van der Waals surface area contributed by atoms with Gasteiger partial charge in [-0.25, -0.2) is 0 Å². The number of hydrogen-bond donors (Lipinski definition) is 0. The van der Waals surface area contributed by atoms with E-state index >= 15 is 0 Å². The van der Waals surface area contributed by atoms with Crippen LogP contribution in [0.1, 0.15) is 37.0 Å². The zero-order valence-corrected chi connectivity index (χ0v) is 10.3. The lowest BCUT2D eigenvalue weighted by Gasteiger charge is -2.31. The van der Waals surface area contributed by atoms with E-state index in [4.69, 9.17) is 11.6 Å². The van der Waals surface area contributed by atoms with Gasteiger partial charge in [-0.3, -0.25) is 9.78 Å². The first-order chi connectivity index (χ1) is 7.52. The minimum absolute atomic E-state index is 0.0133. The molecule has 2 heterocycles. The van der Waals surface area contributed by atoms with Gasteiger partial charge in [0.2, 0.25) is 0 Å². The van der Waals surface area contributed by atoms with Crippen LogP contribution in [-0.4, -0.2) is 27.9 Å². The summed E-state index contributed by atoms with van der Waals surface area (Å²) in [6.45, 7) is 4.97. The minimum Gasteiger partial charge on any atom is -0.333 e. The van der Waals surface area contributed by atoms with E-state index in [0.717, 1.165) is 19.4 Å². The maximum absolute atomic E-state index is 12.3. The summed E-state index contributed by atoms with van der Waals surface area (Å²) < 4.78 is 0. The van der Waals surface area contributed by atoms with Crippen LogP contribution in [0.25, 0.3) is 0 Å². The van der Waals surface area contributed by atoms with E-state index in [2.05, 4.69) is 18.8 Å². The van der Waals surface area contributed by atoms with Crippen LogP contribution in [0.15, 0.2) is 18.5 Å². The standard InChI is InChI=1S/C12H15ClN2O/c1-12(2)5-3-7-15(12)11(16)9-8-14-6-4-10(9)13/h4,6,8H,3,5,7H2,1-2H3. The number of carbonyl (C=O) groups is 1. The first-order valence-electron chi connectivity index (χ1n) is 5.44. The summed E-state index contributed by atoms with van der Waals surface area (Å²) in [6, 6.07) is 1.65. The number of pyridine rings is 1. The van der Waals surface area contributed by atoms with Gasteiger partial charge in [0, 0.05) is 24.5 Å². The van der Waals surface area contributed by atoms with Crippen molar-refractivity contribution in [3.05, 3.63) is 29.0 Å². The molecule has 0 radical (unpaired) electrons. The molecule has 0 spiro atoms. The summed E-state index contributed by atoms with van der Waals surface area (Å²) in [6.07, 6.45) is 5.22. The minimum atomic E-state index is -0.0732. The molecule has 1 aromatic heterocycles. The van der Waals surface area contributed by atoms with Crippen LogP contribution in [0.3, 0.4) is 0 Å². The van der Waals surface area contributed by atoms with Gasteiger partial charge in [-0.15, -0.1) is 0 Å². The Kier molecular flexibility index (Phi) is 2.89. The Morgan fingerprint density at radius 3 is 2.88 bits per heavy atom. The molecule has 0 aromatic carbocycles. The Labute approximate surface area is 100 Å². The van der Waals surface area contributed by atoms with E-state index in [1.54, 1.807) is 18.5 Å². The fourth-order valence-corrected chi connectivity index (χ4v) is 2.35. The first-order valence-corrected chi connectivity index (χ1v) is 5.82. The Morgan fingerprint density at radius 1 is 1.56 bits per heavy atom. The van der Waals surface area contributed by atoms with E-state index in [0.29, 0.717) is 10.6 Å². The lowest BCUT2D eigenvalue weighted by atomic mass is 10.0. The van der Waals surface area contributed by atoms with Crippen LogP contribution in [0.4, 0.5) is 0 Å². The topological polar surface area (TPSA) is 33.2 Å². The van der Waals surface area contributed by atoms with E-state index in [9.17, 15) is 4.79 Å². The molecule has 1 saturated heterocycles. The van der Waals surface area contributed by atoms with Crippen molar-refractivity contribution in [1.82, 2.24) is 9.88 Å². The number of likely N-dealkylation sites (tertiary alicyclic amines) is 1. The molecule has 0 atom stereocenters. The maximum Gasteiger partial charge on any atom is 0.257 e. The highest BCUT2D eigenvalue weighted by Crippen LogP contribution is 2.30. The summed E-state index contributed by atoms with van der Waals surface area (Å²) >= 11 is 6.00. The maximum atomic E-state index is 12.3. The predicted molar refractivity (Wildman–Crippen MR) is 63.6 cm³/mol. The number of hydrogen-bond acceptors (Lipinski definition) is 2. The largest absolute Gasteiger partial charge is 0.333 e. The van der Waals surface area contributed by atoms with Crippen molar-refractivity contribution >= 4 is 17.5 Å². The Bertz CT molecular complexity index is 417. The highest BCUT2D eigenvalue weighted by molar-refractivity contribution is 6.33. The average molecular weight is 239 g/mol. The molecule has 0 aliphatic carbocycles. The van der Waals surface area contributed by atoms with Crippen LogP contribution < -0.4 is 0 Å². The number of halogens is 1. The molecule has 0 saturated carbocycles. The molecule has 3 nitrogen and oxygen atoms in total. The Balaban J connectivity index is 2.30. The molecule has 1 amide bonds. The van der Waals surface area contributed by atoms with Gasteiger partial charge in [0.1, 0.15) is 0 Å². The second-order valence-electron chi connectivity index (χ2n) is 4.73. The first kappa shape index (κ1) is 11.4. The quantitative estimate of drug-likeness (QED) is 0.754. The van der Waals surface area contributed by atoms with E-state index in [1.807, 2.05) is 4.90 Å². The zero-order valence-electron chi connectivity index (χ0n) is 9.53. The summed E-state index contributed by atoms with van der Waals surface area (Å²) in [5.41, 5.74) is 0.426. The van der Waals surface area contributed by atoms with Gasteiger partial charge in [0.05, 0.1) is 10.6 Å². The monoisotopic (exact) mass is 238 g/mol. The fraction of sp³-hybridized carbons (Fsp3) is 0.500. The van der Waals surface area contributed by atoms with Gasteiger partial charge in [-0.05, 0) is 32.8 Å². The third-order valence-electron chi connectivity index (χ3n) is 3.14. The summed E-state index contributed by atoms with van der Waals surface area (Å²) in [4.78, 5) is 18.1. The number of nitrogens with zero attached hydrogens (tertiary/aromatic N) is 2. The number of carbonyl (C=O) groups excluding carboxylic acids is 1. The smallest absolute Gasteiger partial charge is 0.257 e. The normalized spacial score (nSPS) is 18.8. The third kappa shape index (κ3) is 1.92. The number of amides is 1. The van der Waals surface area contributed by atoms with Crippen LogP contribution >= 0.6 is 11.6 Å². The fourth-order valence-electron chi connectivity index (χ4n) is 2.16. The van der Waals surface area contributed by atoms with Gasteiger partial charge in [-0.2, -0.15) is 0 Å². The molecular formula is C12H15ClN2O. The summed E-state index contributed by atoms with van der Waals surface area (Å²) in [5.74, 6) is -0.0133. The van der Waals surface area contributed by atoms with Crippen molar-refractivity contribution in [2.24, 2.45) is 0 Å². The molecule has 86 valence electrons. The van der Waals surface area contributed by atoms with Gasteiger partial charge in [0.25, 0.3) is 5.91 Å². The Hall–Kier alpha value is -1.09. The molecule has 4 heteroatoms. The summed E-state index contributed by atoms with van der Waals surface area (Å²) in [7, 11) is 0. The lowest BCUT2D eigenvalue weighted by molar-refractivity contribution is 0.0652.